The van der Waals surface area contributed by atoms with Crippen molar-refractivity contribution in [2.75, 3.05) is 30.7 Å². The van der Waals surface area contributed by atoms with Crippen molar-refractivity contribution in [3.05, 3.63) is 78.1 Å². The zero-order valence-corrected chi connectivity index (χ0v) is 21.9. The van der Waals surface area contributed by atoms with Crippen molar-refractivity contribution in [1.29, 1.82) is 0 Å². The van der Waals surface area contributed by atoms with Gasteiger partial charge >= 0.3 is 0 Å². The van der Waals surface area contributed by atoms with E-state index < -0.39 is 28.3 Å². The molecular weight excluding hydrogens is 499 g/mol. The van der Waals surface area contributed by atoms with Crippen molar-refractivity contribution in [1.82, 2.24) is 5.32 Å². The molecule has 0 bridgehead atoms. The average Bonchev–Trinajstić information content (AvgIpc) is 2.88. The molecular formula is C27H31FN2O6S. The van der Waals surface area contributed by atoms with Gasteiger partial charge in [0.15, 0.2) is 11.5 Å². The molecule has 0 radical (unpaired) electrons. The Morgan fingerprint density at radius 3 is 2.08 bits per heavy atom. The Bertz CT molecular complexity index is 1280. The molecule has 37 heavy (non-hydrogen) atoms. The van der Waals surface area contributed by atoms with Crippen molar-refractivity contribution >= 4 is 21.6 Å². The summed E-state index contributed by atoms with van der Waals surface area (Å²) in [6.45, 7) is 6.64. The van der Waals surface area contributed by atoms with Gasteiger partial charge < -0.3 is 19.5 Å². The lowest BCUT2D eigenvalue weighted by molar-refractivity contribution is -0.119. The summed E-state index contributed by atoms with van der Waals surface area (Å²) < 4.78 is 57.9. The molecule has 198 valence electrons. The van der Waals surface area contributed by atoms with Crippen molar-refractivity contribution in [2.24, 2.45) is 0 Å². The van der Waals surface area contributed by atoms with E-state index in [1.807, 2.05) is 20.8 Å². The van der Waals surface area contributed by atoms with E-state index in [0.717, 1.165) is 22.0 Å². The summed E-state index contributed by atoms with van der Waals surface area (Å²) in [5, 5.41) is 2.76. The summed E-state index contributed by atoms with van der Waals surface area (Å²) in [6, 6.07) is 16.1. The van der Waals surface area contributed by atoms with Crippen LogP contribution >= 0.6 is 0 Å². The van der Waals surface area contributed by atoms with E-state index in [1.165, 1.54) is 12.1 Å². The van der Waals surface area contributed by atoms with Crippen LogP contribution in [0.3, 0.4) is 0 Å². The Hall–Kier alpha value is -3.79. The minimum Gasteiger partial charge on any atom is -0.494 e. The lowest BCUT2D eigenvalue weighted by Gasteiger charge is -2.24. The van der Waals surface area contributed by atoms with Gasteiger partial charge in [0.05, 0.1) is 30.4 Å². The van der Waals surface area contributed by atoms with Gasteiger partial charge in [-0.3, -0.25) is 9.10 Å². The van der Waals surface area contributed by atoms with Crippen LogP contribution in [0.1, 0.15) is 26.3 Å². The number of amides is 1. The molecule has 0 saturated heterocycles. The fraction of sp³-hybridized carbons (Fsp3) is 0.296. The van der Waals surface area contributed by atoms with Crippen LogP contribution < -0.4 is 23.8 Å². The normalized spacial score (nSPS) is 11.0. The number of carbonyl (C=O) groups is 1. The number of rotatable bonds is 13. The van der Waals surface area contributed by atoms with E-state index >= 15 is 0 Å². The first-order chi connectivity index (χ1) is 17.8. The molecule has 3 aromatic carbocycles. The maximum Gasteiger partial charge on any atom is 0.264 e. The number of anilines is 1. The van der Waals surface area contributed by atoms with Gasteiger partial charge in [0.2, 0.25) is 5.91 Å². The second-order valence-electron chi connectivity index (χ2n) is 7.82. The van der Waals surface area contributed by atoms with E-state index in [2.05, 4.69) is 5.32 Å². The van der Waals surface area contributed by atoms with Crippen LogP contribution in [0.25, 0.3) is 0 Å². The zero-order chi connectivity index (χ0) is 26.8. The van der Waals surface area contributed by atoms with Gasteiger partial charge in [-0.25, -0.2) is 12.8 Å². The molecule has 1 amide bonds. The number of hydrogen-bond acceptors (Lipinski definition) is 6. The topological polar surface area (TPSA) is 94.2 Å². The summed E-state index contributed by atoms with van der Waals surface area (Å²) in [4.78, 5) is 12.8. The van der Waals surface area contributed by atoms with Gasteiger partial charge in [0.25, 0.3) is 10.0 Å². The monoisotopic (exact) mass is 530 g/mol. The van der Waals surface area contributed by atoms with Gasteiger partial charge in [-0.05, 0) is 87.0 Å². The fourth-order valence-electron chi connectivity index (χ4n) is 3.52. The van der Waals surface area contributed by atoms with Gasteiger partial charge in [0, 0.05) is 6.54 Å². The van der Waals surface area contributed by atoms with Crippen LogP contribution in [0.2, 0.25) is 0 Å². The Balaban J connectivity index is 1.82. The lowest BCUT2D eigenvalue weighted by Crippen LogP contribution is -2.40. The fourth-order valence-corrected chi connectivity index (χ4v) is 4.94. The number of sulfonamides is 1. The molecule has 0 fully saturated rings. The third kappa shape index (κ3) is 7.36. The first kappa shape index (κ1) is 27.8. The molecule has 0 atom stereocenters. The minimum absolute atomic E-state index is 0.136. The Kier molecular flexibility index (Phi) is 9.73. The molecule has 10 heteroatoms. The molecule has 3 rings (SSSR count). The number of ether oxygens (including phenoxy) is 3. The summed E-state index contributed by atoms with van der Waals surface area (Å²) in [5.41, 5.74) is 1.02. The van der Waals surface area contributed by atoms with Crippen LogP contribution in [0.15, 0.2) is 71.6 Å². The van der Waals surface area contributed by atoms with Crippen LogP contribution in [0.5, 0.6) is 17.2 Å². The van der Waals surface area contributed by atoms with Crippen LogP contribution in [0, 0.1) is 5.82 Å². The number of nitrogens with one attached hydrogen (secondary N) is 1. The highest BCUT2D eigenvalue weighted by Crippen LogP contribution is 2.29. The third-order valence-electron chi connectivity index (χ3n) is 5.22. The zero-order valence-electron chi connectivity index (χ0n) is 21.1. The van der Waals surface area contributed by atoms with Crippen molar-refractivity contribution < 1.29 is 31.8 Å². The second kappa shape index (κ2) is 13.0. The molecule has 0 saturated carbocycles. The molecule has 0 unspecified atom stereocenters. The number of nitrogens with zero attached hydrogens (tertiary/aromatic N) is 1. The van der Waals surface area contributed by atoms with Crippen molar-refractivity contribution in [3.8, 4) is 17.2 Å². The van der Waals surface area contributed by atoms with Crippen LogP contribution in [-0.2, 0) is 21.4 Å². The molecule has 0 spiro atoms. The summed E-state index contributed by atoms with van der Waals surface area (Å²) in [5.74, 6) is 0.644. The summed E-state index contributed by atoms with van der Waals surface area (Å²) in [6.07, 6.45) is 0. The molecule has 3 aromatic rings. The SMILES string of the molecule is CCOc1ccc(N(CC(=O)NCc2ccc(OCC)c(OCC)c2)S(=O)(=O)c2ccc(F)cc2)cc1. The van der Waals surface area contributed by atoms with Crippen molar-refractivity contribution in [3.63, 3.8) is 0 Å². The number of hydrogen-bond donors (Lipinski definition) is 1. The van der Waals surface area contributed by atoms with Gasteiger partial charge in [-0.2, -0.15) is 0 Å². The third-order valence-corrected chi connectivity index (χ3v) is 7.01. The summed E-state index contributed by atoms with van der Waals surface area (Å²) >= 11 is 0. The van der Waals surface area contributed by atoms with Crippen LogP contribution in [0.4, 0.5) is 10.1 Å². The second-order valence-corrected chi connectivity index (χ2v) is 9.68. The van der Waals surface area contributed by atoms with E-state index in [1.54, 1.807) is 42.5 Å². The van der Waals surface area contributed by atoms with E-state index in [-0.39, 0.29) is 17.1 Å². The minimum atomic E-state index is -4.17. The first-order valence-corrected chi connectivity index (χ1v) is 13.4. The van der Waals surface area contributed by atoms with E-state index in [4.69, 9.17) is 14.2 Å². The molecule has 8 nitrogen and oxygen atoms in total. The highest BCUT2D eigenvalue weighted by molar-refractivity contribution is 7.92. The maximum atomic E-state index is 13.4. The standard InChI is InChI=1S/C27H31FN2O6S/c1-4-34-23-12-10-22(11-13-23)30(37(32,33)24-14-8-21(28)9-15-24)19-27(31)29-18-20-7-16-25(35-5-2)26(17-20)36-6-3/h7-17H,4-6,18-19H2,1-3H3,(H,29,31). The molecule has 0 aliphatic rings. The summed E-state index contributed by atoms with van der Waals surface area (Å²) in [7, 11) is -4.17. The predicted molar refractivity (Wildman–Crippen MR) is 139 cm³/mol. The van der Waals surface area contributed by atoms with Gasteiger partial charge in [-0.1, -0.05) is 6.07 Å². The smallest absolute Gasteiger partial charge is 0.264 e. The number of benzene rings is 3. The Labute approximate surface area is 217 Å². The quantitative estimate of drug-likeness (QED) is 0.349. The maximum absolute atomic E-state index is 13.4. The highest BCUT2D eigenvalue weighted by Gasteiger charge is 2.27. The molecule has 1 N–H and O–H groups in total. The molecule has 0 heterocycles. The van der Waals surface area contributed by atoms with E-state index in [9.17, 15) is 17.6 Å². The number of halogens is 1. The molecule has 0 aromatic heterocycles. The Morgan fingerprint density at radius 1 is 0.838 bits per heavy atom. The molecule has 0 aliphatic carbocycles. The predicted octanol–water partition coefficient (Wildman–Crippen LogP) is 4.53. The van der Waals surface area contributed by atoms with Gasteiger partial charge in [-0.15, -0.1) is 0 Å². The largest absolute Gasteiger partial charge is 0.494 e. The average molecular weight is 531 g/mol. The van der Waals surface area contributed by atoms with Gasteiger partial charge in [0.1, 0.15) is 18.1 Å². The molecule has 0 aliphatic heterocycles. The lowest BCUT2D eigenvalue weighted by atomic mass is 10.2. The van der Waals surface area contributed by atoms with E-state index in [0.29, 0.717) is 37.1 Å². The highest BCUT2D eigenvalue weighted by atomic mass is 32.2. The number of carbonyl (C=O) groups excluding carboxylic acids is 1. The van der Waals surface area contributed by atoms with Crippen molar-refractivity contribution in [2.45, 2.75) is 32.2 Å². The Morgan fingerprint density at radius 2 is 1.46 bits per heavy atom. The first-order valence-electron chi connectivity index (χ1n) is 11.9. The van der Waals surface area contributed by atoms with Crippen LogP contribution in [-0.4, -0.2) is 40.7 Å².